The minimum atomic E-state index is -0.566. The smallest absolute Gasteiger partial charge is 0.407 e. The summed E-state index contributed by atoms with van der Waals surface area (Å²) in [4.78, 5) is 33.7. The molecule has 0 saturated heterocycles. The Morgan fingerprint density at radius 2 is 1.88 bits per heavy atom. The number of fused-ring (bicyclic) bond motifs is 1. The molecule has 1 aromatic carbocycles. The summed E-state index contributed by atoms with van der Waals surface area (Å²) in [6, 6.07) is 17.8. The number of esters is 1. The van der Waals surface area contributed by atoms with Gasteiger partial charge in [0.25, 0.3) is 0 Å². The fraction of sp³-hybridized carbons (Fsp3) is 0.167. The number of amides is 1. The third kappa shape index (κ3) is 4.29. The van der Waals surface area contributed by atoms with Gasteiger partial charge in [-0.3, -0.25) is 9.38 Å². The highest BCUT2D eigenvalue weighted by atomic mass is 16.5. The summed E-state index contributed by atoms with van der Waals surface area (Å²) in [5.41, 5.74) is 3.73. The summed E-state index contributed by atoms with van der Waals surface area (Å²) in [6.07, 6.45) is 2.78. The monoisotopic (exact) mass is 430 g/mol. The van der Waals surface area contributed by atoms with Crippen molar-refractivity contribution in [3.8, 4) is 11.3 Å². The number of hydrogen-bond acceptors (Lipinski definition) is 6. The number of aromatic nitrogens is 3. The number of ether oxygens (including phenoxy) is 2. The van der Waals surface area contributed by atoms with Gasteiger partial charge in [-0.1, -0.05) is 36.4 Å². The number of methoxy groups -OCH3 is 1. The highest BCUT2D eigenvalue weighted by Crippen LogP contribution is 2.30. The van der Waals surface area contributed by atoms with E-state index < -0.39 is 18.1 Å². The summed E-state index contributed by atoms with van der Waals surface area (Å²) in [5.74, 6) is -0.493. The average molecular weight is 430 g/mol. The third-order valence-electron chi connectivity index (χ3n) is 4.96. The third-order valence-corrected chi connectivity index (χ3v) is 4.96. The quantitative estimate of drug-likeness (QED) is 0.462. The Hall–Kier alpha value is -4.20. The van der Waals surface area contributed by atoms with E-state index in [-0.39, 0.29) is 6.61 Å². The Labute approximate surface area is 184 Å². The van der Waals surface area contributed by atoms with Gasteiger partial charge in [0.1, 0.15) is 17.9 Å². The van der Waals surface area contributed by atoms with Gasteiger partial charge in [0.2, 0.25) is 0 Å². The van der Waals surface area contributed by atoms with Crippen molar-refractivity contribution < 1.29 is 19.1 Å². The highest BCUT2D eigenvalue weighted by molar-refractivity contribution is 5.89. The fourth-order valence-electron chi connectivity index (χ4n) is 3.47. The summed E-state index contributed by atoms with van der Waals surface area (Å²) in [5, 5.41) is 2.83. The average Bonchev–Trinajstić information content (AvgIpc) is 3.23. The van der Waals surface area contributed by atoms with E-state index in [0.29, 0.717) is 22.7 Å². The minimum Gasteiger partial charge on any atom is -0.464 e. The molecule has 0 spiro atoms. The van der Waals surface area contributed by atoms with Crippen LogP contribution in [0.4, 0.5) is 4.79 Å². The zero-order valence-electron chi connectivity index (χ0n) is 17.7. The van der Waals surface area contributed by atoms with Crippen LogP contribution in [0.1, 0.15) is 34.7 Å². The van der Waals surface area contributed by atoms with Crippen molar-refractivity contribution in [2.24, 2.45) is 0 Å². The molecular weight excluding hydrogens is 408 g/mol. The second kappa shape index (κ2) is 9.30. The Bertz CT molecular complexity index is 1240. The number of imidazole rings is 1. The van der Waals surface area contributed by atoms with Gasteiger partial charge in [0, 0.05) is 18.0 Å². The van der Waals surface area contributed by atoms with Gasteiger partial charge in [-0.2, -0.15) is 0 Å². The van der Waals surface area contributed by atoms with Crippen LogP contribution in [0.25, 0.3) is 16.9 Å². The van der Waals surface area contributed by atoms with Crippen molar-refractivity contribution in [1.82, 2.24) is 19.7 Å². The van der Waals surface area contributed by atoms with Crippen LogP contribution < -0.4 is 5.32 Å². The zero-order valence-corrected chi connectivity index (χ0v) is 17.7. The first-order chi connectivity index (χ1) is 15.6. The molecule has 3 aromatic heterocycles. The molecule has 8 nitrogen and oxygen atoms in total. The number of nitrogens with zero attached hydrogens (tertiary/aromatic N) is 3. The Balaban J connectivity index is 1.68. The molecule has 1 amide bonds. The molecule has 0 aliphatic carbocycles. The number of pyridine rings is 2. The number of carbonyl (C=O) groups excluding carboxylic acids is 2. The van der Waals surface area contributed by atoms with Crippen LogP contribution >= 0.6 is 0 Å². The molecule has 4 rings (SSSR count). The molecule has 3 heterocycles. The van der Waals surface area contributed by atoms with E-state index in [1.807, 2.05) is 43.3 Å². The Kier molecular flexibility index (Phi) is 6.12. The molecule has 32 heavy (non-hydrogen) atoms. The van der Waals surface area contributed by atoms with E-state index in [2.05, 4.69) is 10.3 Å². The van der Waals surface area contributed by atoms with E-state index in [0.717, 1.165) is 11.1 Å². The molecular formula is C24H22N4O4. The maximum atomic E-state index is 12.4. The molecule has 1 N–H and O–H groups in total. The lowest BCUT2D eigenvalue weighted by molar-refractivity contribution is 0.0592. The molecule has 0 saturated carbocycles. The van der Waals surface area contributed by atoms with E-state index in [4.69, 9.17) is 14.5 Å². The summed E-state index contributed by atoms with van der Waals surface area (Å²) < 4.78 is 12.0. The second-order valence-corrected chi connectivity index (χ2v) is 7.11. The first-order valence-corrected chi connectivity index (χ1v) is 10.1. The molecule has 0 fully saturated rings. The zero-order chi connectivity index (χ0) is 22.5. The van der Waals surface area contributed by atoms with Crippen LogP contribution in [0, 0.1) is 0 Å². The summed E-state index contributed by atoms with van der Waals surface area (Å²) in [7, 11) is 1.33. The number of carbonyl (C=O) groups is 2. The maximum Gasteiger partial charge on any atom is 0.407 e. The highest BCUT2D eigenvalue weighted by Gasteiger charge is 2.24. The van der Waals surface area contributed by atoms with Crippen molar-refractivity contribution >= 4 is 17.7 Å². The second-order valence-electron chi connectivity index (χ2n) is 7.11. The Morgan fingerprint density at radius 1 is 1.06 bits per heavy atom. The van der Waals surface area contributed by atoms with E-state index in [1.54, 1.807) is 41.1 Å². The van der Waals surface area contributed by atoms with Crippen molar-refractivity contribution in [2.75, 3.05) is 7.11 Å². The number of hydrogen-bond donors (Lipinski definition) is 1. The lowest BCUT2D eigenvalue weighted by Crippen LogP contribution is -2.28. The molecule has 4 aromatic rings. The van der Waals surface area contributed by atoms with Gasteiger partial charge in [0.05, 0.1) is 24.5 Å². The van der Waals surface area contributed by atoms with Crippen molar-refractivity contribution in [1.29, 1.82) is 0 Å². The topological polar surface area (TPSA) is 94.8 Å². The lowest BCUT2D eigenvalue weighted by Gasteiger charge is -2.15. The van der Waals surface area contributed by atoms with Gasteiger partial charge in [-0.05, 0) is 36.8 Å². The van der Waals surface area contributed by atoms with E-state index >= 15 is 0 Å². The first kappa shape index (κ1) is 21.0. The molecule has 0 radical (unpaired) electrons. The van der Waals surface area contributed by atoms with E-state index in [9.17, 15) is 9.59 Å². The molecule has 0 bridgehead atoms. The van der Waals surface area contributed by atoms with Crippen LogP contribution in [0.15, 0.2) is 73.1 Å². The predicted molar refractivity (Wildman–Crippen MR) is 118 cm³/mol. The van der Waals surface area contributed by atoms with E-state index in [1.165, 1.54) is 7.11 Å². The van der Waals surface area contributed by atoms with Gasteiger partial charge >= 0.3 is 12.1 Å². The van der Waals surface area contributed by atoms with Crippen molar-refractivity contribution in [2.45, 2.75) is 19.6 Å². The van der Waals surface area contributed by atoms with Crippen LogP contribution in [-0.2, 0) is 16.1 Å². The number of nitrogens with one attached hydrogen (secondary N) is 1. The number of benzene rings is 1. The number of rotatable bonds is 6. The lowest BCUT2D eigenvalue weighted by atomic mass is 10.1. The van der Waals surface area contributed by atoms with Crippen molar-refractivity contribution in [3.05, 3.63) is 90.0 Å². The minimum absolute atomic E-state index is 0.159. The molecule has 8 heteroatoms. The van der Waals surface area contributed by atoms with Gasteiger partial charge in [-0.25, -0.2) is 14.6 Å². The van der Waals surface area contributed by atoms with Gasteiger partial charge in [-0.15, -0.1) is 0 Å². The van der Waals surface area contributed by atoms with Gasteiger partial charge in [0.15, 0.2) is 0 Å². The van der Waals surface area contributed by atoms with Crippen LogP contribution in [0.3, 0.4) is 0 Å². The number of alkyl carbamates (subject to hydrolysis) is 1. The van der Waals surface area contributed by atoms with Gasteiger partial charge < -0.3 is 14.8 Å². The largest absolute Gasteiger partial charge is 0.464 e. The molecule has 0 aliphatic heterocycles. The SMILES string of the molecule is COC(=O)c1cccc2nc([C@H](C)NC(=O)OCc3ccccc3)c(-c3cccnc3)n12. The summed E-state index contributed by atoms with van der Waals surface area (Å²) in [6.45, 7) is 1.97. The normalized spacial score (nSPS) is 11.7. The van der Waals surface area contributed by atoms with Crippen LogP contribution in [0.2, 0.25) is 0 Å². The standard InChI is InChI=1S/C24H22N4O4/c1-16(26-24(30)32-15-17-8-4-3-5-9-17)21-22(18-10-7-13-25-14-18)28-19(23(29)31-2)11-6-12-20(28)27-21/h3-14,16H,15H2,1-2H3,(H,26,30)/t16-/m0/s1. The molecule has 0 aliphatic rings. The Morgan fingerprint density at radius 3 is 2.59 bits per heavy atom. The molecule has 1 atom stereocenters. The fourth-order valence-corrected chi connectivity index (χ4v) is 3.47. The summed E-state index contributed by atoms with van der Waals surface area (Å²) >= 11 is 0. The first-order valence-electron chi connectivity index (χ1n) is 10.1. The predicted octanol–water partition coefficient (Wildman–Crippen LogP) is 4.17. The van der Waals surface area contributed by atoms with Crippen LogP contribution in [-0.4, -0.2) is 33.5 Å². The van der Waals surface area contributed by atoms with Crippen molar-refractivity contribution in [3.63, 3.8) is 0 Å². The molecule has 0 unspecified atom stereocenters. The van der Waals surface area contributed by atoms with Crippen LogP contribution in [0.5, 0.6) is 0 Å². The molecule has 162 valence electrons. The maximum absolute atomic E-state index is 12.4.